The average Bonchev–Trinajstić information content (AvgIpc) is 3.01. The van der Waals surface area contributed by atoms with Crippen LogP contribution in [0.4, 0.5) is 0 Å². The van der Waals surface area contributed by atoms with Gasteiger partial charge in [-0.1, -0.05) is 0 Å². The Morgan fingerprint density at radius 2 is 1.81 bits per heavy atom. The first kappa shape index (κ1) is 18.1. The zero-order chi connectivity index (χ0) is 18.8. The summed E-state index contributed by atoms with van der Waals surface area (Å²) < 4.78 is 13.0. The van der Waals surface area contributed by atoms with Crippen molar-refractivity contribution in [3.63, 3.8) is 0 Å². The van der Waals surface area contributed by atoms with E-state index in [1.165, 1.54) is 7.11 Å². The van der Waals surface area contributed by atoms with Gasteiger partial charge < -0.3 is 19.7 Å². The van der Waals surface area contributed by atoms with E-state index in [2.05, 4.69) is 21.0 Å². The van der Waals surface area contributed by atoms with Gasteiger partial charge in [-0.25, -0.2) is 0 Å². The Bertz CT molecular complexity index is 953. The molecule has 6 nitrogen and oxygen atoms in total. The molecule has 26 heavy (non-hydrogen) atoms. The monoisotopic (exact) mass is 418 g/mol. The lowest BCUT2D eigenvalue weighted by atomic mass is 10.1. The van der Waals surface area contributed by atoms with Crippen LogP contribution in [0.25, 0.3) is 22.5 Å². The fraction of sp³-hybridized carbons (Fsp3) is 0.211. The molecule has 0 aliphatic heterocycles. The molecule has 0 aliphatic carbocycles. The molecule has 0 saturated carbocycles. The van der Waals surface area contributed by atoms with Gasteiger partial charge in [-0.15, -0.1) is 0 Å². The molecule has 0 saturated heterocycles. The van der Waals surface area contributed by atoms with Crippen molar-refractivity contribution in [1.29, 1.82) is 0 Å². The number of benzene rings is 2. The molecule has 2 aromatic carbocycles. The second-order valence-electron chi connectivity index (χ2n) is 5.66. The standard InChI is InChI=1S/C19H19BrN2O4/c1-4-26-18-9-12(7-13(20)19(18)24)14-10-15(22(2)21-14)11-5-6-16(23)17(8-11)25-3/h5-10,23-24H,4H2,1-3H3. The highest BCUT2D eigenvalue weighted by atomic mass is 79.9. The fourth-order valence-corrected chi connectivity index (χ4v) is 3.14. The van der Waals surface area contributed by atoms with Gasteiger partial charge in [0.25, 0.3) is 0 Å². The Labute approximate surface area is 159 Å². The minimum absolute atomic E-state index is 0.0648. The lowest BCUT2D eigenvalue weighted by Crippen LogP contribution is -1.95. The SMILES string of the molecule is CCOc1cc(-c2cc(-c3ccc(O)c(OC)c3)n(C)n2)cc(Br)c1O. The summed E-state index contributed by atoms with van der Waals surface area (Å²) in [6.45, 7) is 2.31. The summed E-state index contributed by atoms with van der Waals surface area (Å²) in [5.74, 6) is 0.948. The van der Waals surface area contributed by atoms with Gasteiger partial charge in [0, 0.05) is 18.2 Å². The minimum Gasteiger partial charge on any atom is -0.504 e. The van der Waals surface area contributed by atoms with Crippen LogP contribution in [0.1, 0.15) is 6.92 Å². The maximum atomic E-state index is 10.1. The number of phenols is 2. The first-order chi connectivity index (χ1) is 12.4. The van der Waals surface area contributed by atoms with E-state index in [0.29, 0.717) is 22.6 Å². The van der Waals surface area contributed by atoms with Gasteiger partial charge in [0.05, 0.1) is 29.6 Å². The van der Waals surface area contributed by atoms with Crippen molar-refractivity contribution in [1.82, 2.24) is 9.78 Å². The summed E-state index contributed by atoms with van der Waals surface area (Å²) in [6.07, 6.45) is 0. The summed E-state index contributed by atoms with van der Waals surface area (Å²) in [7, 11) is 3.35. The third-order valence-electron chi connectivity index (χ3n) is 3.98. The molecule has 7 heteroatoms. The molecule has 136 valence electrons. The van der Waals surface area contributed by atoms with Gasteiger partial charge in [-0.05, 0) is 59.3 Å². The molecule has 0 unspecified atom stereocenters. The molecule has 0 aliphatic rings. The summed E-state index contributed by atoms with van der Waals surface area (Å²) in [6, 6.07) is 10.6. The number of ether oxygens (including phenoxy) is 2. The molecule has 1 aromatic heterocycles. The van der Waals surface area contributed by atoms with E-state index in [1.807, 2.05) is 20.0 Å². The average molecular weight is 419 g/mol. The topological polar surface area (TPSA) is 76.7 Å². The van der Waals surface area contributed by atoms with Crippen LogP contribution in [-0.4, -0.2) is 33.7 Å². The first-order valence-electron chi connectivity index (χ1n) is 8.01. The molecule has 0 radical (unpaired) electrons. The molecule has 0 fully saturated rings. The van der Waals surface area contributed by atoms with Gasteiger partial charge in [-0.3, -0.25) is 4.68 Å². The predicted molar refractivity (Wildman–Crippen MR) is 103 cm³/mol. The number of rotatable bonds is 5. The van der Waals surface area contributed by atoms with Crippen LogP contribution in [-0.2, 0) is 7.05 Å². The smallest absolute Gasteiger partial charge is 0.172 e. The maximum absolute atomic E-state index is 10.1. The zero-order valence-electron chi connectivity index (χ0n) is 14.7. The number of aromatic hydroxyl groups is 2. The Morgan fingerprint density at radius 3 is 2.50 bits per heavy atom. The highest BCUT2D eigenvalue weighted by molar-refractivity contribution is 9.10. The van der Waals surface area contributed by atoms with E-state index in [4.69, 9.17) is 9.47 Å². The van der Waals surface area contributed by atoms with Crippen LogP contribution in [0.2, 0.25) is 0 Å². The third-order valence-corrected chi connectivity index (χ3v) is 4.58. The summed E-state index contributed by atoms with van der Waals surface area (Å²) in [5.41, 5.74) is 3.27. The fourth-order valence-electron chi connectivity index (χ4n) is 2.70. The van der Waals surface area contributed by atoms with E-state index >= 15 is 0 Å². The van der Waals surface area contributed by atoms with Crippen molar-refractivity contribution in [3.8, 4) is 45.5 Å². The van der Waals surface area contributed by atoms with Crippen LogP contribution in [0.15, 0.2) is 40.9 Å². The Hall–Kier alpha value is -2.67. The number of hydrogen-bond donors (Lipinski definition) is 2. The summed E-state index contributed by atoms with van der Waals surface area (Å²) in [4.78, 5) is 0. The Kier molecular flexibility index (Phi) is 5.08. The van der Waals surface area contributed by atoms with Crippen molar-refractivity contribution in [3.05, 3.63) is 40.9 Å². The van der Waals surface area contributed by atoms with Crippen LogP contribution in [0, 0.1) is 0 Å². The second kappa shape index (κ2) is 7.29. The van der Waals surface area contributed by atoms with Gasteiger partial charge in [0.1, 0.15) is 0 Å². The van der Waals surface area contributed by atoms with Crippen molar-refractivity contribution >= 4 is 15.9 Å². The molecule has 3 rings (SSSR count). The number of aryl methyl sites for hydroxylation is 1. The third kappa shape index (κ3) is 3.35. The highest BCUT2D eigenvalue weighted by Crippen LogP contribution is 2.39. The number of methoxy groups -OCH3 is 1. The van der Waals surface area contributed by atoms with E-state index in [0.717, 1.165) is 22.5 Å². The summed E-state index contributed by atoms with van der Waals surface area (Å²) >= 11 is 3.35. The molecule has 0 bridgehead atoms. The van der Waals surface area contributed by atoms with Gasteiger partial charge in [0.2, 0.25) is 0 Å². The summed E-state index contributed by atoms with van der Waals surface area (Å²) in [5, 5.41) is 24.4. The second-order valence-corrected chi connectivity index (χ2v) is 6.52. The quantitative estimate of drug-likeness (QED) is 0.644. The molecule has 0 amide bonds. The molecule has 2 N–H and O–H groups in total. The number of hydrogen-bond acceptors (Lipinski definition) is 5. The molecule has 0 atom stereocenters. The normalized spacial score (nSPS) is 10.8. The number of aromatic nitrogens is 2. The van der Waals surface area contributed by atoms with Gasteiger partial charge in [0.15, 0.2) is 23.0 Å². The van der Waals surface area contributed by atoms with Crippen molar-refractivity contribution < 1.29 is 19.7 Å². The van der Waals surface area contributed by atoms with E-state index < -0.39 is 0 Å². The van der Waals surface area contributed by atoms with E-state index in [9.17, 15) is 10.2 Å². The van der Waals surface area contributed by atoms with Crippen LogP contribution < -0.4 is 9.47 Å². The molecular formula is C19H19BrN2O4. The zero-order valence-corrected chi connectivity index (χ0v) is 16.2. The van der Waals surface area contributed by atoms with Gasteiger partial charge in [-0.2, -0.15) is 5.10 Å². The van der Waals surface area contributed by atoms with Crippen molar-refractivity contribution in [2.45, 2.75) is 6.92 Å². The lowest BCUT2D eigenvalue weighted by Gasteiger charge is -2.09. The lowest BCUT2D eigenvalue weighted by molar-refractivity contribution is 0.317. The number of phenolic OH excluding ortho intramolecular Hbond substituents is 2. The predicted octanol–water partition coefficient (Wildman–Crippen LogP) is 4.34. The van der Waals surface area contributed by atoms with Crippen LogP contribution in [0.5, 0.6) is 23.0 Å². The number of halogens is 1. The van der Waals surface area contributed by atoms with Crippen LogP contribution >= 0.6 is 15.9 Å². The largest absolute Gasteiger partial charge is 0.504 e. The van der Waals surface area contributed by atoms with E-state index in [1.54, 1.807) is 35.0 Å². The minimum atomic E-state index is 0.0648. The maximum Gasteiger partial charge on any atom is 0.172 e. The molecular weight excluding hydrogens is 400 g/mol. The first-order valence-corrected chi connectivity index (χ1v) is 8.81. The molecule has 3 aromatic rings. The molecule has 0 spiro atoms. The number of nitrogens with zero attached hydrogens (tertiary/aromatic N) is 2. The highest BCUT2D eigenvalue weighted by Gasteiger charge is 2.15. The molecule has 1 heterocycles. The Morgan fingerprint density at radius 1 is 1.08 bits per heavy atom. The Balaban J connectivity index is 2.06. The van der Waals surface area contributed by atoms with E-state index in [-0.39, 0.29) is 11.5 Å². The van der Waals surface area contributed by atoms with Crippen molar-refractivity contribution in [2.75, 3.05) is 13.7 Å². The van der Waals surface area contributed by atoms with Crippen LogP contribution in [0.3, 0.4) is 0 Å². The van der Waals surface area contributed by atoms with Gasteiger partial charge >= 0.3 is 0 Å². The van der Waals surface area contributed by atoms with Crippen molar-refractivity contribution in [2.24, 2.45) is 7.05 Å².